The fraction of sp³-hybridized carbons (Fsp3) is 0.286. The summed E-state index contributed by atoms with van der Waals surface area (Å²) in [6, 6.07) is 21.0. The van der Waals surface area contributed by atoms with E-state index in [1.54, 1.807) is 11.0 Å². The van der Waals surface area contributed by atoms with Crippen LogP contribution in [-0.2, 0) is 10.4 Å². The normalized spacial score (nSPS) is 14.9. The first-order chi connectivity index (χ1) is 17.9. The van der Waals surface area contributed by atoms with Gasteiger partial charge in [0.15, 0.2) is 5.82 Å². The lowest BCUT2D eigenvalue weighted by atomic mass is 9.84. The minimum absolute atomic E-state index is 0.102. The Hall–Kier alpha value is -4.24. The summed E-state index contributed by atoms with van der Waals surface area (Å²) < 4.78 is 0. The van der Waals surface area contributed by atoms with Crippen molar-refractivity contribution in [2.75, 3.05) is 31.5 Å². The Morgan fingerprint density at radius 1 is 1.00 bits per heavy atom. The minimum atomic E-state index is -0.931. The van der Waals surface area contributed by atoms with E-state index in [9.17, 15) is 14.7 Å². The molecule has 0 atom stereocenters. The first kappa shape index (κ1) is 24.5. The molecule has 0 saturated carbocycles. The highest BCUT2D eigenvalue weighted by Crippen LogP contribution is 2.33. The monoisotopic (exact) mass is 498 g/mol. The minimum Gasteiger partial charge on any atom is -0.385 e. The number of H-pyrrole nitrogens is 1. The number of nitrogens with one attached hydrogen (secondary N) is 3. The maximum Gasteiger partial charge on any atom is 0.270 e. The number of aromatic nitrogens is 3. The molecule has 4 N–H and O–H groups in total. The van der Waals surface area contributed by atoms with Gasteiger partial charge in [-0.1, -0.05) is 60.7 Å². The number of carbonyl (C=O) groups is 2. The van der Waals surface area contributed by atoms with Gasteiger partial charge in [-0.15, -0.1) is 0 Å². The summed E-state index contributed by atoms with van der Waals surface area (Å²) in [4.78, 5) is 39.0. The van der Waals surface area contributed by atoms with E-state index in [1.807, 2.05) is 60.7 Å². The van der Waals surface area contributed by atoms with Crippen LogP contribution in [0, 0.1) is 0 Å². The lowest BCUT2D eigenvalue weighted by Crippen LogP contribution is -2.45. The van der Waals surface area contributed by atoms with Crippen LogP contribution in [0.4, 0.5) is 5.82 Å². The fourth-order valence-corrected chi connectivity index (χ4v) is 4.68. The van der Waals surface area contributed by atoms with Crippen molar-refractivity contribution in [2.45, 2.75) is 25.4 Å². The molecule has 1 fully saturated rings. The van der Waals surface area contributed by atoms with E-state index in [-0.39, 0.29) is 11.8 Å². The molecule has 9 heteroatoms. The predicted octanol–water partition coefficient (Wildman–Crippen LogP) is 3.30. The van der Waals surface area contributed by atoms with Crippen molar-refractivity contribution in [3.8, 4) is 11.4 Å². The number of aliphatic hydroxyl groups is 1. The molecule has 0 bridgehead atoms. The molecule has 5 rings (SSSR count). The number of fused-ring (bicyclic) bond motifs is 1. The van der Waals surface area contributed by atoms with Gasteiger partial charge < -0.3 is 25.6 Å². The number of rotatable bonds is 7. The first-order valence-electron chi connectivity index (χ1n) is 12.4. The Kier molecular flexibility index (Phi) is 6.87. The summed E-state index contributed by atoms with van der Waals surface area (Å²) in [5.41, 5.74) is 1.78. The predicted molar refractivity (Wildman–Crippen MR) is 142 cm³/mol. The van der Waals surface area contributed by atoms with Crippen LogP contribution in [0.1, 0.15) is 35.8 Å². The number of likely N-dealkylation sites (tertiary alicyclic amines) is 1. The second-order valence-corrected chi connectivity index (χ2v) is 9.31. The lowest BCUT2D eigenvalue weighted by molar-refractivity contribution is -0.118. The average Bonchev–Trinajstić information content (AvgIpc) is 3.36. The number of hydrogen-bond acceptors (Lipinski definition) is 6. The highest BCUT2D eigenvalue weighted by atomic mass is 16.3. The van der Waals surface area contributed by atoms with Crippen molar-refractivity contribution >= 4 is 28.7 Å². The third-order valence-electron chi connectivity index (χ3n) is 6.73. The van der Waals surface area contributed by atoms with E-state index in [0.29, 0.717) is 67.4 Å². The first-order valence-corrected chi connectivity index (χ1v) is 12.4. The van der Waals surface area contributed by atoms with Crippen LogP contribution >= 0.6 is 0 Å². The molecule has 0 unspecified atom stereocenters. The Balaban J connectivity index is 1.39. The topological polar surface area (TPSA) is 123 Å². The quantitative estimate of drug-likeness (QED) is 0.290. The highest BCUT2D eigenvalue weighted by Gasteiger charge is 2.36. The van der Waals surface area contributed by atoms with Gasteiger partial charge in [0, 0.05) is 38.7 Å². The van der Waals surface area contributed by atoms with Crippen LogP contribution < -0.4 is 10.6 Å². The van der Waals surface area contributed by atoms with Gasteiger partial charge in [-0.2, -0.15) is 0 Å². The molecular formula is C28H30N6O3. The number of amides is 2. The Morgan fingerprint density at radius 2 is 1.68 bits per heavy atom. The molecule has 2 amide bonds. The van der Waals surface area contributed by atoms with E-state index < -0.39 is 5.60 Å². The van der Waals surface area contributed by atoms with Crippen LogP contribution in [0.5, 0.6) is 0 Å². The van der Waals surface area contributed by atoms with Crippen molar-refractivity contribution in [3.63, 3.8) is 0 Å². The van der Waals surface area contributed by atoms with E-state index in [0.717, 1.165) is 11.1 Å². The summed E-state index contributed by atoms with van der Waals surface area (Å²) in [7, 11) is 0. The number of anilines is 1. The van der Waals surface area contributed by atoms with Gasteiger partial charge >= 0.3 is 0 Å². The third-order valence-corrected chi connectivity index (χ3v) is 6.73. The second kappa shape index (κ2) is 10.4. The number of carbonyl (C=O) groups excluding carboxylic acids is 2. The zero-order valence-corrected chi connectivity index (χ0v) is 20.7. The standard InChI is InChI=1S/C28H30N6O3/c1-19(35)29-14-15-30-25-22-18-23(31-26(22)33-24(32-25)20-8-4-2-5-9-20)27(36)34-16-12-28(37,13-17-34)21-10-6-3-7-11-21/h2-11,18,37H,12-17H2,1H3,(H,29,35)(H2,30,31,32,33). The van der Waals surface area contributed by atoms with Crippen molar-refractivity contribution in [2.24, 2.45) is 0 Å². The number of nitrogens with zero attached hydrogens (tertiary/aromatic N) is 3. The van der Waals surface area contributed by atoms with Gasteiger partial charge in [-0.05, 0) is 24.5 Å². The Labute approximate surface area is 214 Å². The summed E-state index contributed by atoms with van der Waals surface area (Å²) in [6.45, 7) is 3.28. The molecule has 3 heterocycles. The molecule has 2 aromatic carbocycles. The van der Waals surface area contributed by atoms with Gasteiger partial charge in [0.2, 0.25) is 5.91 Å². The molecule has 37 heavy (non-hydrogen) atoms. The zero-order chi connectivity index (χ0) is 25.8. The van der Waals surface area contributed by atoms with Crippen LogP contribution in [0.2, 0.25) is 0 Å². The van der Waals surface area contributed by atoms with Gasteiger partial charge in [0.05, 0.1) is 11.0 Å². The molecule has 0 radical (unpaired) electrons. The average molecular weight is 499 g/mol. The molecular weight excluding hydrogens is 468 g/mol. The fourth-order valence-electron chi connectivity index (χ4n) is 4.68. The van der Waals surface area contributed by atoms with E-state index in [4.69, 9.17) is 4.98 Å². The largest absolute Gasteiger partial charge is 0.385 e. The van der Waals surface area contributed by atoms with Gasteiger partial charge in [-0.25, -0.2) is 9.97 Å². The summed E-state index contributed by atoms with van der Waals surface area (Å²) >= 11 is 0. The van der Waals surface area contributed by atoms with Crippen LogP contribution in [0.25, 0.3) is 22.4 Å². The van der Waals surface area contributed by atoms with E-state index in [1.165, 1.54) is 6.92 Å². The zero-order valence-electron chi connectivity index (χ0n) is 20.7. The van der Waals surface area contributed by atoms with Gasteiger partial charge in [-0.3, -0.25) is 9.59 Å². The van der Waals surface area contributed by atoms with Crippen LogP contribution in [-0.4, -0.2) is 63.0 Å². The maximum absolute atomic E-state index is 13.4. The molecule has 9 nitrogen and oxygen atoms in total. The SMILES string of the molecule is CC(=O)NCCNc1nc(-c2ccccc2)nc2[nH]c(C(=O)N3CCC(O)(c4ccccc4)CC3)cc12. The molecule has 0 aliphatic carbocycles. The Bertz CT molecular complexity index is 1400. The number of aromatic amines is 1. The van der Waals surface area contributed by atoms with Crippen molar-refractivity contribution in [3.05, 3.63) is 78.0 Å². The number of benzene rings is 2. The van der Waals surface area contributed by atoms with Gasteiger partial charge in [0.1, 0.15) is 17.2 Å². The smallest absolute Gasteiger partial charge is 0.270 e. The molecule has 2 aromatic heterocycles. The molecule has 0 spiro atoms. The maximum atomic E-state index is 13.4. The second-order valence-electron chi connectivity index (χ2n) is 9.31. The molecule has 1 aliphatic heterocycles. The number of piperidine rings is 1. The summed E-state index contributed by atoms with van der Waals surface area (Å²) in [6.07, 6.45) is 0.938. The molecule has 1 saturated heterocycles. The van der Waals surface area contributed by atoms with Crippen LogP contribution in [0.15, 0.2) is 66.7 Å². The Morgan fingerprint density at radius 3 is 2.35 bits per heavy atom. The molecule has 190 valence electrons. The molecule has 4 aromatic rings. The summed E-state index contributed by atoms with van der Waals surface area (Å²) in [5, 5.41) is 17.9. The van der Waals surface area contributed by atoms with Crippen LogP contribution in [0.3, 0.4) is 0 Å². The van der Waals surface area contributed by atoms with Crippen molar-refractivity contribution < 1.29 is 14.7 Å². The van der Waals surface area contributed by atoms with Crippen molar-refractivity contribution in [1.29, 1.82) is 0 Å². The third kappa shape index (κ3) is 5.31. The van der Waals surface area contributed by atoms with E-state index >= 15 is 0 Å². The van der Waals surface area contributed by atoms with E-state index in [2.05, 4.69) is 20.6 Å². The van der Waals surface area contributed by atoms with Crippen molar-refractivity contribution in [1.82, 2.24) is 25.2 Å². The summed E-state index contributed by atoms with van der Waals surface area (Å²) in [5.74, 6) is 0.872. The number of hydrogen-bond donors (Lipinski definition) is 4. The van der Waals surface area contributed by atoms with Gasteiger partial charge in [0.25, 0.3) is 5.91 Å². The molecule has 1 aliphatic rings. The lowest BCUT2D eigenvalue weighted by Gasteiger charge is -2.38. The highest BCUT2D eigenvalue weighted by molar-refractivity contribution is 6.00.